The number of nitro benzene ring substituents is 1. The quantitative estimate of drug-likeness (QED) is 0.658. The van der Waals surface area contributed by atoms with Gasteiger partial charge in [0.05, 0.1) is 11.0 Å². The third-order valence-corrected chi connectivity index (χ3v) is 3.36. The van der Waals surface area contributed by atoms with E-state index in [0.29, 0.717) is 25.9 Å². The summed E-state index contributed by atoms with van der Waals surface area (Å²) in [7, 11) is 0. The number of carbonyl (C=O) groups is 1. The molecule has 21 heavy (non-hydrogen) atoms. The van der Waals surface area contributed by atoms with Gasteiger partial charge in [-0.1, -0.05) is 0 Å². The first-order valence-electron chi connectivity index (χ1n) is 6.49. The number of hydrogen-bond donors (Lipinski definition) is 1. The van der Waals surface area contributed by atoms with Gasteiger partial charge < -0.3 is 14.7 Å². The number of nitrogens with zero attached hydrogens (tertiary/aromatic N) is 2. The fourth-order valence-corrected chi connectivity index (χ4v) is 2.36. The molecule has 1 aliphatic heterocycles. The van der Waals surface area contributed by atoms with Crippen LogP contribution in [0.5, 0.6) is 0 Å². The van der Waals surface area contributed by atoms with E-state index < -0.39 is 16.7 Å². The van der Waals surface area contributed by atoms with Crippen molar-refractivity contribution in [1.82, 2.24) is 0 Å². The molecule has 0 saturated carbocycles. The number of ether oxygens (including phenoxy) is 1. The molecule has 1 aromatic carbocycles. The first kappa shape index (κ1) is 15.2. The van der Waals surface area contributed by atoms with Gasteiger partial charge in [0.25, 0.3) is 5.69 Å². The molecule has 1 aliphatic rings. The molecule has 0 aromatic heterocycles. The maximum Gasteiger partial charge on any atom is 0.329 e. The molecule has 0 aliphatic carbocycles. The molecular weight excluding hydrogens is 283 g/mol. The van der Waals surface area contributed by atoms with Crippen LogP contribution in [0.1, 0.15) is 12.8 Å². The average molecular weight is 298 g/mol. The topological polar surface area (TPSA) is 92.9 Å². The van der Waals surface area contributed by atoms with Crippen molar-refractivity contribution in [3.05, 3.63) is 34.1 Å². The molecule has 1 N–H and O–H groups in total. The number of benzene rings is 1. The number of nitro groups is 1. The van der Waals surface area contributed by atoms with Gasteiger partial charge in [-0.15, -0.1) is 0 Å². The van der Waals surface area contributed by atoms with E-state index >= 15 is 0 Å². The maximum atomic E-state index is 13.3. The Labute approximate surface area is 120 Å². The molecule has 0 spiro atoms. The summed E-state index contributed by atoms with van der Waals surface area (Å²) in [6, 6.07) is 3.36. The zero-order chi connectivity index (χ0) is 15.4. The van der Waals surface area contributed by atoms with Gasteiger partial charge in [-0.05, 0) is 18.9 Å². The van der Waals surface area contributed by atoms with Crippen molar-refractivity contribution in [3.63, 3.8) is 0 Å². The molecule has 1 saturated heterocycles. The average Bonchev–Trinajstić information content (AvgIpc) is 2.45. The summed E-state index contributed by atoms with van der Waals surface area (Å²) in [6.07, 6.45) is 0.895. The van der Waals surface area contributed by atoms with Crippen LogP contribution < -0.4 is 4.90 Å². The van der Waals surface area contributed by atoms with Gasteiger partial charge >= 0.3 is 5.97 Å². The van der Waals surface area contributed by atoms with Crippen molar-refractivity contribution in [2.75, 3.05) is 24.6 Å². The number of piperidine rings is 1. The van der Waals surface area contributed by atoms with Crippen LogP contribution >= 0.6 is 0 Å². The third kappa shape index (κ3) is 3.88. The van der Waals surface area contributed by atoms with Crippen LogP contribution in [0.3, 0.4) is 0 Å². The molecule has 1 aromatic rings. The summed E-state index contributed by atoms with van der Waals surface area (Å²) in [5, 5.41) is 19.5. The minimum Gasteiger partial charge on any atom is -0.480 e. The first-order valence-corrected chi connectivity index (χ1v) is 6.49. The van der Waals surface area contributed by atoms with Gasteiger partial charge in [0.2, 0.25) is 0 Å². The van der Waals surface area contributed by atoms with E-state index in [1.54, 1.807) is 4.90 Å². The molecule has 0 unspecified atom stereocenters. The Kier molecular flexibility index (Phi) is 4.69. The fraction of sp³-hybridized carbons (Fsp3) is 0.462. The molecule has 2 rings (SSSR count). The summed E-state index contributed by atoms with van der Waals surface area (Å²) < 4.78 is 18.5. The Balaban J connectivity index is 2.03. The van der Waals surface area contributed by atoms with E-state index in [4.69, 9.17) is 9.84 Å². The highest BCUT2D eigenvalue weighted by Crippen LogP contribution is 2.31. The van der Waals surface area contributed by atoms with E-state index in [1.807, 2.05) is 0 Å². The Morgan fingerprint density at radius 2 is 2.14 bits per heavy atom. The Bertz CT molecular complexity index is 543. The smallest absolute Gasteiger partial charge is 0.329 e. The Morgan fingerprint density at radius 3 is 2.71 bits per heavy atom. The lowest BCUT2D eigenvalue weighted by molar-refractivity contribution is -0.384. The number of halogens is 1. The van der Waals surface area contributed by atoms with E-state index in [2.05, 4.69) is 0 Å². The standard InChI is InChI=1S/C13H15FN2O5/c14-9-1-2-11(16(19)20)12(7-9)15-5-3-10(4-6-15)21-8-13(17)18/h1-2,7,10H,3-6,8H2,(H,17,18). The van der Waals surface area contributed by atoms with Crippen LogP contribution in [0.15, 0.2) is 18.2 Å². The Morgan fingerprint density at radius 1 is 1.48 bits per heavy atom. The Hall–Kier alpha value is -2.22. The molecule has 1 fully saturated rings. The van der Waals surface area contributed by atoms with Gasteiger partial charge in [-0.3, -0.25) is 10.1 Å². The lowest BCUT2D eigenvalue weighted by Crippen LogP contribution is -2.38. The van der Waals surface area contributed by atoms with Gasteiger partial charge in [-0.2, -0.15) is 0 Å². The van der Waals surface area contributed by atoms with Crippen LogP contribution in [0.2, 0.25) is 0 Å². The lowest BCUT2D eigenvalue weighted by Gasteiger charge is -2.32. The normalized spacial score (nSPS) is 16.0. The van der Waals surface area contributed by atoms with Crippen molar-refractivity contribution in [1.29, 1.82) is 0 Å². The summed E-state index contributed by atoms with van der Waals surface area (Å²) in [5.41, 5.74) is 0.109. The van der Waals surface area contributed by atoms with Crippen molar-refractivity contribution in [2.45, 2.75) is 18.9 Å². The summed E-state index contributed by atoms with van der Waals surface area (Å²) in [5.74, 6) is -1.56. The van der Waals surface area contributed by atoms with E-state index in [0.717, 1.165) is 18.2 Å². The highest BCUT2D eigenvalue weighted by atomic mass is 19.1. The predicted octanol–water partition coefficient (Wildman–Crippen LogP) is 1.80. The number of anilines is 1. The second-order valence-electron chi connectivity index (χ2n) is 4.78. The minimum absolute atomic E-state index is 0.138. The van der Waals surface area contributed by atoms with Gasteiger partial charge in [-0.25, -0.2) is 9.18 Å². The highest BCUT2D eigenvalue weighted by molar-refractivity contribution is 5.68. The number of aliphatic carboxylic acids is 1. The fourth-order valence-electron chi connectivity index (χ4n) is 2.36. The highest BCUT2D eigenvalue weighted by Gasteiger charge is 2.25. The largest absolute Gasteiger partial charge is 0.480 e. The van der Waals surface area contributed by atoms with Crippen LogP contribution in [0.4, 0.5) is 15.8 Å². The summed E-state index contributed by atoms with van der Waals surface area (Å²) >= 11 is 0. The number of carboxylic acid groups (broad SMARTS) is 1. The van der Waals surface area contributed by atoms with E-state index in [9.17, 15) is 19.3 Å². The number of rotatable bonds is 5. The summed E-state index contributed by atoms with van der Waals surface area (Å²) in [4.78, 5) is 22.6. The second kappa shape index (κ2) is 6.49. The maximum absolute atomic E-state index is 13.3. The van der Waals surface area contributed by atoms with Gasteiger partial charge in [0, 0.05) is 25.2 Å². The van der Waals surface area contributed by atoms with E-state index in [1.165, 1.54) is 0 Å². The lowest BCUT2D eigenvalue weighted by atomic mass is 10.1. The minimum atomic E-state index is -1.03. The van der Waals surface area contributed by atoms with Gasteiger partial charge in [0.1, 0.15) is 18.1 Å². The molecule has 0 radical (unpaired) electrons. The van der Waals surface area contributed by atoms with Crippen molar-refractivity contribution in [3.8, 4) is 0 Å². The zero-order valence-electron chi connectivity index (χ0n) is 11.2. The predicted molar refractivity (Wildman–Crippen MR) is 71.9 cm³/mol. The van der Waals surface area contributed by atoms with Crippen LogP contribution in [-0.2, 0) is 9.53 Å². The molecule has 0 amide bonds. The number of carboxylic acids is 1. The van der Waals surface area contributed by atoms with E-state index in [-0.39, 0.29) is 24.1 Å². The second-order valence-corrected chi connectivity index (χ2v) is 4.78. The van der Waals surface area contributed by atoms with Crippen LogP contribution in [0.25, 0.3) is 0 Å². The summed E-state index contributed by atoms with van der Waals surface area (Å²) in [6.45, 7) is 0.550. The first-order chi connectivity index (χ1) is 9.97. The third-order valence-electron chi connectivity index (χ3n) is 3.36. The van der Waals surface area contributed by atoms with Crippen molar-refractivity contribution >= 4 is 17.3 Å². The van der Waals surface area contributed by atoms with Crippen molar-refractivity contribution in [2.24, 2.45) is 0 Å². The van der Waals surface area contributed by atoms with Crippen LogP contribution in [0, 0.1) is 15.9 Å². The monoisotopic (exact) mass is 298 g/mol. The molecule has 0 atom stereocenters. The van der Waals surface area contributed by atoms with Crippen molar-refractivity contribution < 1.29 is 24.0 Å². The SMILES string of the molecule is O=C(O)COC1CCN(c2cc(F)ccc2[N+](=O)[O-])CC1. The molecule has 8 heteroatoms. The molecule has 0 bridgehead atoms. The number of hydrogen-bond acceptors (Lipinski definition) is 5. The molecule has 114 valence electrons. The molecule has 1 heterocycles. The zero-order valence-corrected chi connectivity index (χ0v) is 11.2. The van der Waals surface area contributed by atoms with Gasteiger partial charge in [0.15, 0.2) is 0 Å². The van der Waals surface area contributed by atoms with Crippen LogP contribution in [-0.4, -0.2) is 41.8 Å². The molecule has 7 nitrogen and oxygen atoms in total. The molecular formula is C13H15FN2O5.